The first kappa shape index (κ1) is 18.8. The number of carbonyl (C=O) groups excluding carboxylic acids is 1. The van der Waals surface area contributed by atoms with Crippen LogP contribution in [0.3, 0.4) is 0 Å². The molecule has 0 saturated heterocycles. The van der Waals surface area contributed by atoms with Crippen molar-refractivity contribution in [1.29, 1.82) is 0 Å². The average Bonchev–Trinajstić information content (AvgIpc) is 3.03. The van der Waals surface area contributed by atoms with Crippen LogP contribution in [0, 0.1) is 12.8 Å². The minimum Gasteiger partial charge on any atom is -0.465 e. The Morgan fingerprint density at radius 2 is 1.93 bits per heavy atom. The van der Waals surface area contributed by atoms with Gasteiger partial charge in [0.1, 0.15) is 0 Å². The van der Waals surface area contributed by atoms with Gasteiger partial charge in [0.05, 0.1) is 5.56 Å². The lowest BCUT2D eigenvalue weighted by molar-refractivity contribution is 0.1000. The molecule has 1 aromatic heterocycles. The molecule has 1 aliphatic carbocycles. The van der Waals surface area contributed by atoms with E-state index in [9.17, 15) is 9.59 Å². The molecule has 1 fully saturated rings. The van der Waals surface area contributed by atoms with Crippen molar-refractivity contribution in [3.8, 4) is 11.3 Å². The van der Waals surface area contributed by atoms with E-state index in [0.717, 1.165) is 54.9 Å². The summed E-state index contributed by atoms with van der Waals surface area (Å²) in [6, 6.07) is 9.83. The number of para-hydroxylation sites is 1. The summed E-state index contributed by atoms with van der Waals surface area (Å²) in [6.07, 6.45) is 2.79. The van der Waals surface area contributed by atoms with Crippen molar-refractivity contribution in [3.05, 3.63) is 41.6 Å². The maximum Gasteiger partial charge on any atom is 0.404 e. The summed E-state index contributed by atoms with van der Waals surface area (Å²) in [5.41, 5.74) is 9.54. The van der Waals surface area contributed by atoms with Crippen LogP contribution in [0.4, 0.5) is 10.5 Å². The number of hydrogen-bond acceptors (Lipinski definition) is 3. The lowest BCUT2D eigenvalue weighted by Gasteiger charge is -2.28. The van der Waals surface area contributed by atoms with Crippen LogP contribution in [-0.4, -0.2) is 34.7 Å². The highest BCUT2D eigenvalue weighted by Crippen LogP contribution is 2.30. The second-order valence-electron chi connectivity index (χ2n) is 7.18. The Kier molecular flexibility index (Phi) is 5.69. The maximum absolute atomic E-state index is 11.5. The minimum absolute atomic E-state index is 0.0696. The predicted molar refractivity (Wildman–Crippen MR) is 105 cm³/mol. The van der Waals surface area contributed by atoms with Gasteiger partial charge in [0, 0.05) is 35.2 Å². The second kappa shape index (κ2) is 8.16. The van der Waals surface area contributed by atoms with Gasteiger partial charge in [-0.3, -0.25) is 4.79 Å². The third-order valence-corrected chi connectivity index (χ3v) is 5.25. The van der Waals surface area contributed by atoms with Gasteiger partial charge in [-0.05, 0) is 50.7 Å². The van der Waals surface area contributed by atoms with E-state index >= 15 is 0 Å². The number of primary amides is 1. The second-order valence-corrected chi connectivity index (χ2v) is 7.18. The molecule has 1 aromatic carbocycles. The van der Waals surface area contributed by atoms with Crippen molar-refractivity contribution in [2.24, 2.45) is 11.7 Å². The number of aromatic nitrogens is 1. The van der Waals surface area contributed by atoms with Gasteiger partial charge in [-0.25, -0.2) is 4.79 Å². The van der Waals surface area contributed by atoms with Crippen molar-refractivity contribution in [2.45, 2.75) is 38.6 Å². The quantitative estimate of drug-likeness (QED) is 0.535. The van der Waals surface area contributed by atoms with Crippen LogP contribution in [0.2, 0.25) is 0 Å². The molecule has 7 heteroatoms. The number of carboxylic acid groups (broad SMARTS) is 1. The number of carbonyl (C=O) groups is 2. The van der Waals surface area contributed by atoms with Crippen molar-refractivity contribution in [1.82, 2.24) is 10.3 Å². The molecule has 0 aliphatic heterocycles. The standard InChI is InChI=1S/C20H26N4O3/c1-12-16(19(21)25)10-18(23-12)15-4-2-3-5-17(15)22-11-13-6-8-14(9-7-13)24-20(26)27/h2-5,10,13-14,22-24H,6-9,11H2,1H3,(H2,21,25)(H,26,27)/t13-,14+. The number of nitrogens with two attached hydrogens (primary N) is 1. The van der Waals surface area contributed by atoms with Gasteiger partial charge < -0.3 is 26.5 Å². The van der Waals surface area contributed by atoms with E-state index in [1.54, 1.807) is 6.07 Å². The van der Waals surface area contributed by atoms with Crippen LogP contribution in [-0.2, 0) is 0 Å². The van der Waals surface area contributed by atoms with Crippen LogP contribution in [0.5, 0.6) is 0 Å². The van der Waals surface area contributed by atoms with Crippen LogP contribution < -0.4 is 16.4 Å². The smallest absolute Gasteiger partial charge is 0.404 e. The number of amides is 2. The molecule has 6 N–H and O–H groups in total. The third kappa shape index (κ3) is 4.61. The topological polar surface area (TPSA) is 120 Å². The summed E-state index contributed by atoms with van der Waals surface area (Å²) >= 11 is 0. The summed E-state index contributed by atoms with van der Waals surface area (Å²) in [6.45, 7) is 2.67. The zero-order valence-electron chi connectivity index (χ0n) is 15.4. The Hall–Kier alpha value is -2.96. The van der Waals surface area contributed by atoms with Crippen LogP contribution >= 0.6 is 0 Å². The van der Waals surface area contributed by atoms with Gasteiger partial charge in [0.25, 0.3) is 5.91 Å². The highest BCUT2D eigenvalue weighted by atomic mass is 16.4. The van der Waals surface area contributed by atoms with Gasteiger partial charge in [-0.15, -0.1) is 0 Å². The molecule has 0 spiro atoms. The molecule has 0 atom stereocenters. The number of nitrogens with one attached hydrogen (secondary N) is 3. The van der Waals surface area contributed by atoms with Gasteiger partial charge in [-0.2, -0.15) is 0 Å². The van der Waals surface area contributed by atoms with Gasteiger partial charge in [0.15, 0.2) is 0 Å². The van der Waals surface area contributed by atoms with Crippen LogP contribution in [0.15, 0.2) is 30.3 Å². The molecule has 0 radical (unpaired) electrons. The minimum atomic E-state index is -0.943. The fourth-order valence-electron chi connectivity index (χ4n) is 3.77. The molecule has 1 heterocycles. The summed E-state index contributed by atoms with van der Waals surface area (Å²) < 4.78 is 0. The van der Waals surface area contributed by atoms with Gasteiger partial charge >= 0.3 is 6.09 Å². The molecule has 2 aromatic rings. The highest BCUT2D eigenvalue weighted by Gasteiger charge is 2.22. The molecule has 3 rings (SSSR count). The Labute approximate surface area is 158 Å². The number of aryl methyl sites for hydroxylation is 1. The number of aromatic amines is 1. The molecule has 7 nitrogen and oxygen atoms in total. The van der Waals surface area contributed by atoms with Crippen molar-refractivity contribution >= 4 is 17.7 Å². The monoisotopic (exact) mass is 370 g/mol. The molecule has 1 aliphatic rings. The van der Waals surface area contributed by atoms with E-state index in [1.807, 2.05) is 31.2 Å². The Balaban J connectivity index is 1.65. The number of hydrogen-bond donors (Lipinski definition) is 5. The average molecular weight is 370 g/mol. The van der Waals surface area contributed by atoms with E-state index < -0.39 is 12.0 Å². The largest absolute Gasteiger partial charge is 0.465 e. The van der Waals surface area contributed by atoms with Crippen LogP contribution in [0.25, 0.3) is 11.3 Å². The molecular formula is C20H26N4O3. The Morgan fingerprint density at radius 1 is 1.22 bits per heavy atom. The molecular weight excluding hydrogens is 344 g/mol. The Morgan fingerprint density at radius 3 is 2.56 bits per heavy atom. The van der Waals surface area contributed by atoms with Crippen molar-refractivity contribution in [3.63, 3.8) is 0 Å². The Bertz CT molecular complexity index is 822. The van der Waals surface area contributed by atoms with Crippen molar-refractivity contribution < 1.29 is 14.7 Å². The number of benzene rings is 1. The van der Waals surface area contributed by atoms with E-state index in [2.05, 4.69) is 15.6 Å². The predicted octanol–water partition coefficient (Wildman–Crippen LogP) is 3.33. The number of anilines is 1. The van der Waals surface area contributed by atoms with E-state index in [0.29, 0.717) is 11.5 Å². The summed E-state index contributed by atoms with van der Waals surface area (Å²) in [4.78, 5) is 25.5. The lowest BCUT2D eigenvalue weighted by atomic mass is 9.86. The fourth-order valence-corrected chi connectivity index (χ4v) is 3.77. The van der Waals surface area contributed by atoms with E-state index in [4.69, 9.17) is 10.8 Å². The number of rotatable bonds is 6. The zero-order chi connectivity index (χ0) is 19.4. The SMILES string of the molecule is Cc1[nH]c(-c2ccccc2NC[C@H]2CC[C@@H](NC(=O)O)CC2)cc1C(N)=O. The molecule has 2 amide bonds. The molecule has 1 saturated carbocycles. The summed E-state index contributed by atoms with van der Waals surface area (Å²) in [5, 5.41) is 14.9. The van der Waals surface area contributed by atoms with E-state index in [1.165, 1.54) is 0 Å². The number of H-pyrrole nitrogens is 1. The lowest BCUT2D eigenvalue weighted by Crippen LogP contribution is -2.37. The molecule has 0 bridgehead atoms. The van der Waals surface area contributed by atoms with Crippen LogP contribution in [0.1, 0.15) is 41.7 Å². The summed E-state index contributed by atoms with van der Waals surface area (Å²) in [7, 11) is 0. The molecule has 27 heavy (non-hydrogen) atoms. The van der Waals surface area contributed by atoms with Gasteiger partial charge in [0.2, 0.25) is 0 Å². The van der Waals surface area contributed by atoms with Crippen molar-refractivity contribution in [2.75, 3.05) is 11.9 Å². The zero-order valence-corrected chi connectivity index (χ0v) is 15.4. The van der Waals surface area contributed by atoms with Gasteiger partial charge in [-0.1, -0.05) is 18.2 Å². The first-order valence-corrected chi connectivity index (χ1v) is 9.26. The third-order valence-electron chi connectivity index (χ3n) is 5.25. The first-order chi connectivity index (χ1) is 12.9. The normalized spacial score (nSPS) is 19.4. The fraction of sp³-hybridized carbons (Fsp3) is 0.400. The highest BCUT2D eigenvalue weighted by molar-refractivity contribution is 5.96. The first-order valence-electron chi connectivity index (χ1n) is 9.26. The van der Waals surface area contributed by atoms with E-state index in [-0.39, 0.29) is 6.04 Å². The molecule has 0 unspecified atom stereocenters. The maximum atomic E-state index is 11.5. The molecule has 144 valence electrons. The summed E-state index contributed by atoms with van der Waals surface area (Å²) in [5.74, 6) is 0.0728.